The molecule has 7 heteroatoms. The molecule has 0 atom stereocenters. The SMILES string of the molecule is [C]1N(Cc2cccc(CN3[C]N(Cc4ccccc4)N=C3)n2)C=NN1Cc1ccccc1. The fourth-order valence-corrected chi connectivity index (χ4v) is 3.52. The van der Waals surface area contributed by atoms with Gasteiger partial charge in [0.1, 0.15) is 12.7 Å². The van der Waals surface area contributed by atoms with Crippen LogP contribution >= 0.6 is 0 Å². The van der Waals surface area contributed by atoms with Crippen molar-refractivity contribution < 1.29 is 0 Å². The number of nitrogens with zero attached hydrogens (tertiary/aromatic N) is 7. The second-order valence-electron chi connectivity index (χ2n) is 7.62. The summed E-state index contributed by atoms with van der Waals surface area (Å²) in [5.74, 6) is 0. The van der Waals surface area contributed by atoms with E-state index in [-0.39, 0.29) is 0 Å². The molecular formula is C25H23N7. The summed E-state index contributed by atoms with van der Waals surface area (Å²) in [7, 11) is 0. The van der Waals surface area contributed by atoms with Crippen molar-refractivity contribution in [3.63, 3.8) is 0 Å². The van der Waals surface area contributed by atoms with Crippen LogP contribution in [0.1, 0.15) is 22.5 Å². The fourth-order valence-electron chi connectivity index (χ4n) is 3.52. The Labute approximate surface area is 188 Å². The van der Waals surface area contributed by atoms with Crippen LogP contribution in [-0.4, -0.2) is 37.5 Å². The minimum Gasteiger partial charge on any atom is -0.323 e. The van der Waals surface area contributed by atoms with Gasteiger partial charge in [0.05, 0.1) is 37.6 Å². The summed E-state index contributed by atoms with van der Waals surface area (Å²) in [5.41, 5.74) is 4.31. The first kappa shape index (κ1) is 20.1. The van der Waals surface area contributed by atoms with Gasteiger partial charge in [-0.25, -0.2) is 0 Å². The van der Waals surface area contributed by atoms with Gasteiger partial charge in [-0.1, -0.05) is 66.7 Å². The Balaban J connectivity index is 1.11. The lowest BCUT2D eigenvalue weighted by Crippen LogP contribution is -2.22. The van der Waals surface area contributed by atoms with Crippen LogP contribution in [0.4, 0.5) is 0 Å². The first-order valence-electron chi connectivity index (χ1n) is 10.5. The highest BCUT2D eigenvalue weighted by Crippen LogP contribution is 2.17. The summed E-state index contributed by atoms with van der Waals surface area (Å²) in [6.07, 6.45) is 3.57. The predicted molar refractivity (Wildman–Crippen MR) is 123 cm³/mol. The molecule has 4 radical (unpaired) electrons. The number of aromatic nitrogens is 1. The molecule has 0 spiro atoms. The van der Waals surface area contributed by atoms with Crippen molar-refractivity contribution in [2.45, 2.75) is 26.2 Å². The Morgan fingerprint density at radius 3 is 1.47 bits per heavy atom. The van der Waals surface area contributed by atoms with E-state index < -0.39 is 0 Å². The summed E-state index contributed by atoms with van der Waals surface area (Å²) in [6.45, 7) is 9.15. The Morgan fingerprint density at radius 2 is 1.00 bits per heavy atom. The first-order chi connectivity index (χ1) is 15.8. The van der Waals surface area contributed by atoms with Crippen LogP contribution in [0.25, 0.3) is 0 Å². The molecule has 0 N–H and O–H groups in total. The van der Waals surface area contributed by atoms with Crippen LogP contribution in [0, 0.1) is 13.3 Å². The van der Waals surface area contributed by atoms with E-state index in [1.54, 1.807) is 12.7 Å². The number of rotatable bonds is 8. The lowest BCUT2D eigenvalue weighted by Gasteiger charge is -2.18. The van der Waals surface area contributed by atoms with E-state index in [9.17, 15) is 0 Å². The van der Waals surface area contributed by atoms with E-state index in [1.165, 1.54) is 11.1 Å². The first-order valence-corrected chi connectivity index (χ1v) is 10.5. The van der Waals surface area contributed by atoms with E-state index in [2.05, 4.69) is 47.8 Å². The van der Waals surface area contributed by atoms with Crippen LogP contribution in [0.2, 0.25) is 0 Å². The zero-order valence-electron chi connectivity index (χ0n) is 17.6. The van der Waals surface area contributed by atoms with E-state index in [4.69, 9.17) is 4.98 Å². The molecule has 0 aliphatic carbocycles. The van der Waals surface area contributed by atoms with Crippen LogP contribution in [0.3, 0.4) is 0 Å². The van der Waals surface area contributed by atoms with Crippen molar-refractivity contribution >= 4 is 12.7 Å². The summed E-state index contributed by atoms with van der Waals surface area (Å²) in [4.78, 5) is 8.64. The van der Waals surface area contributed by atoms with Gasteiger partial charge in [0.15, 0.2) is 0 Å². The van der Waals surface area contributed by atoms with Gasteiger partial charge in [0.25, 0.3) is 0 Å². The second-order valence-corrected chi connectivity index (χ2v) is 7.62. The van der Waals surface area contributed by atoms with Crippen LogP contribution in [0.5, 0.6) is 0 Å². The third kappa shape index (κ3) is 5.24. The average Bonchev–Trinajstić information content (AvgIpc) is 3.44. The molecule has 7 nitrogen and oxygen atoms in total. The number of benzene rings is 2. The summed E-state index contributed by atoms with van der Waals surface area (Å²) >= 11 is 0. The molecule has 2 aliphatic rings. The lowest BCUT2D eigenvalue weighted by atomic mass is 10.2. The molecular weight excluding hydrogens is 398 g/mol. The molecule has 0 saturated heterocycles. The number of hydrogen-bond acceptors (Lipinski definition) is 7. The molecule has 0 fully saturated rings. The maximum atomic E-state index is 4.79. The quantitative estimate of drug-likeness (QED) is 0.556. The van der Waals surface area contributed by atoms with E-state index in [0.717, 1.165) is 11.4 Å². The minimum absolute atomic E-state index is 0.615. The molecule has 0 amide bonds. The molecule has 5 rings (SSSR count). The highest BCUT2D eigenvalue weighted by Gasteiger charge is 2.19. The molecule has 3 aromatic rings. The number of hydrogen-bond donors (Lipinski definition) is 0. The van der Waals surface area contributed by atoms with Gasteiger partial charge in [-0.05, 0) is 23.3 Å². The van der Waals surface area contributed by atoms with Gasteiger partial charge in [-0.3, -0.25) is 15.0 Å². The average molecular weight is 422 g/mol. The Morgan fingerprint density at radius 1 is 0.531 bits per heavy atom. The third-order valence-electron chi connectivity index (χ3n) is 5.03. The molecule has 2 aliphatic heterocycles. The fraction of sp³-hybridized carbons (Fsp3) is 0.160. The zero-order valence-corrected chi connectivity index (χ0v) is 17.6. The van der Waals surface area contributed by atoms with Crippen molar-refractivity contribution in [3.8, 4) is 0 Å². The molecule has 0 unspecified atom stereocenters. The molecule has 0 saturated carbocycles. The second kappa shape index (κ2) is 9.51. The maximum Gasteiger partial charge on any atom is 0.227 e. The van der Waals surface area contributed by atoms with Gasteiger partial charge in [0.2, 0.25) is 13.3 Å². The van der Waals surface area contributed by atoms with Crippen molar-refractivity contribution in [1.82, 2.24) is 24.8 Å². The van der Waals surface area contributed by atoms with Crippen LogP contribution in [0.15, 0.2) is 89.1 Å². The largest absolute Gasteiger partial charge is 0.323 e. The van der Waals surface area contributed by atoms with Crippen molar-refractivity contribution in [3.05, 3.63) is 115 Å². The van der Waals surface area contributed by atoms with E-state index in [0.29, 0.717) is 26.2 Å². The highest BCUT2D eigenvalue weighted by molar-refractivity contribution is 5.58. The lowest BCUT2D eigenvalue weighted by molar-refractivity contribution is 0.293. The summed E-state index contributed by atoms with van der Waals surface area (Å²) in [5, 5.41) is 12.4. The molecule has 32 heavy (non-hydrogen) atoms. The standard InChI is InChI=1S/C25H23N7/c1-3-8-22(9-4-1)14-31-20-29(18-26-31)16-24-12-7-13-25(28-24)17-30-19-27-32(21-30)15-23-10-5-2-6-11-23/h1-13,18-19H,14-17H2. The molecule has 2 aromatic carbocycles. The van der Waals surface area contributed by atoms with E-state index >= 15 is 0 Å². The van der Waals surface area contributed by atoms with Gasteiger partial charge in [0, 0.05) is 0 Å². The topological polar surface area (TPSA) is 50.6 Å². The zero-order chi connectivity index (χ0) is 21.6. The van der Waals surface area contributed by atoms with Gasteiger partial charge in [-0.15, -0.1) is 0 Å². The smallest absolute Gasteiger partial charge is 0.227 e. The number of pyridine rings is 1. The summed E-state index contributed by atoms with van der Waals surface area (Å²) < 4.78 is 0. The van der Waals surface area contributed by atoms with Crippen molar-refractivity contribution in [1.29, 1.82) is 0 Å². The highest BCUT2D eigenvalue weighted by atomic mass is 15.6. The van der Waals surface area contributed by atoms with Crippen molar-refractivity contribution in [2.24, 2.45) is 10.2 Å². The monoisotopic (exact) mass is 421 g/mol. The van der Waals surface area contributed by atoms with Gasteiger partial charge in [-0.2, -0.15) is 10.2 Å². The number of hydrazone groups is 2. The van der Waals surface area contributed by atoms with Crippen molar-refractivity contribution in [2.75, 3.05) is 0 Å². The Kier molecular flexibility index (Phi) is 5.96. The van der Waals surface area contributed by atoms with Crippen LogP contribution in [-0.2, 0) is 26.2 Å². The van der Waals surface area contributed by atoms with E-state index in [1.807, 2.05) is 74.4 Å². The summed E-state index contributed by atoms with van der Waals surface area (Å²) in [6, 6.07) is 26.6. The Bertz CT molecular complexity index is 985. The third-order valence-corrected chi connectivity index (χ3v) is 5.03. The maximum absolute atomic E-state index is 4.79. The Hall–Kier alpha value is -3.87. The molecule has 0 bridgehead atoms. The predicted octanol–water partition coefficient (Wildman–Crippen LogP) is 3.60. The molecule has 158 valence electrons. The van der Waals surface area contributed by atoms with Gasteiger partial charge < -0.3 is 9.80 Å². The normalized spacial score (nSPS) is 15.2. The minimum atomic E-state index is 0.615. The molecule has 3 heterocycles. The van der Waals surface area contributed by atoms with Crippen LogP contribution < -0.4 is 0 Å². The molecule has 1 aromatic heterocycles. The van der Waals surface area contributed by atoms with Gasteiger partial charge >= 0.3 is 0 Å².